The third-order valence-corrected chi connectivity index (χ3v) is 4.66. The summed E-state index contributed by atoms with van der Waals surface area (Å²) in [5, 5.41) is 19.7. The predicted molar refractivity (Wildman–Crippen MR) is 129 cm³/mol. The SMILES string of the molecule is CC.COCOCc1cc(Oc2ccc(C#N)cc2)ccc1B(O)OC(C)c1ccccc1. The van der Waals surface area contributed by atoms with Crippen molar-refractivity contribution in [1.82, 2.24) is 0 Å². The minimum Gasteiger partial charge on any atom is -0.457 e. The molecule has 0 aliphatic carbocycles. The molecule has 0 aliphatic rings. The van der Waals surface area contributed by atoms with Crippen molar-refractivity contribution in [2.45, 2.75) is 33.5 Å². The van der Waals surface area contributed by atoms with E-state index in [2.05, 4.69) is 6.07 Å². The second-order valence-electron chi connectivity index (χ2n) is 6.90. The maximum Gasteiger partial charge on any atom is 0.491 e. The van der Waals surface area contributed by atoms with E-state index in [1.807, 2.05) is 51.1 Å². The quantitative estimate of drug-likeness (QED) is 0.269. The van der Waals surface area contributed by atoms with Crippen LogP contribution in [0.1, 0.15) is 43.6 Å². The highest BCUT2D eigenvalue weighted by Crippen LogP contribution is 2.23. The monoisotopic (exact) mass is 447 g/mol. The Morgan fingerprint density at radius 1 is 0.970 bits per heavy atom. The molecule has 0 aromatic heterocycles. The fourth-order valence-electron chi connectivity index (χ4n) is 3.05. The molecule has 3 aromatic rings. The Morgan fingerprint density at radius 2 is 1.64 bits per heavy atom. The fourth-order valence-corrected chi connectivity index (χ4v) is 3.05. The van der Waals surface area contributed by atoms with E-state index in [0.717, 1.165) is 11.1 Å². The average Bonchev–Trinajstić information content (AvgIpc) is 2.86. The summed E-state index contributed by atoms with van der Waals surface area (Å²) in [5.41, 5.74) is 2.84. The highest BCUT2D eigenvalue weighted by molar-refractivity contribution is 6.60. The van der Waals surface area contributed by atoms with Gasteiger partial charge in [0.1, 0.15) is 18.3 Å². The van der Waals surface area contributed by atoms with Crippen LogP contribution in [-0.4, -0.2) is 26.0 Å². The minimum absolute atomic E-state index is 0.123. The summed E-state index contributed by atoms with van der Waals surface area (Å²) in [7, 11) is 0.408. The van der Waals surface area contributed by atoms with E-state index in [-0.39, 0.29) is 19.5 Å². The second kappa shape index (κ2) is 14.1. The maximum atomic E-state index is 10.7. The van der Waals surface area contributed by atoms with Gasteiger partial charge in [0.25, 0.3) is 0 Å². The largest absolute Gasteiger partial charge is 0.491 e. The van der Waals surface area contributed by atoms with Crippen LogP contribution < -0.4 is 10.2 Å². The Morgan fingerprint density at radius 3 is 2.27 bits per heavy atom. The Kier molecular flexibility index (Phi) is 11.2. The highest BCUT2D eigenvalue weighted by Gasteiger charge is 2.24. The number of ether oxygens (including phenoxy) is 3. The van der Waals surface area contributed by atoms with Crippen LogP contribution in [0.5, 0.6) is 11.5 Å². The standard InChI is InChI=1S/C24H24BNO5.C2H6/c1-18(20-6-4-3-5-7-20)31-25(27)24-13-12-23(14-21(24)16-29-17-28-2)30-22-10-8-19(15-26)9-11-22;1-2/h3-14,18,27H,16-17H2,1-2H3;1-2H3. The van der Waals surface area contributed by atoms with Crippen molar-refractivity contribution in [3.8, 4) is 17.6 Å². The normalized spacial score (nSPS) is 11.0. The molecular weight excluding hydrogens is 417 g/mol. The fraction of sp³-hybridized carbons (Fsp3) is 0.269. The molecule has 3 aromatic carbocycles. The van der Waals surface area contributed by atoms with Crippen LogP contribution in [0.4, 0.5) is 0 Å². The summed E-state index contributed by atoms with van der Waals surface area (Å²) >= 11 is 0. The molecule has 172 valence electrons. The Bertz CT molecular complexity index is 1010. The maximum absolute atomic E-state index is 10.7. The molecule has 1 unspecified atom stereocenters. The smallest absolute Gasteiger partial charge is 0.457 e. The first-order chi connectivity index (χ1) is 16.1. The first-order valence-corrected chi connectivity index (χ1v) is 10.9. The minimum atomic E-state index is -1.14. The molecular formula is C26H30BNO5. The second-order valence-corrected chi connectivity index (χ2v) is 6.90. The van der Waals surface area contributed by atoms with Crippen molar-refractivity contribution in [3.05, 3.63) is 89.5 Å². The van der Waals surface area contributed by atoms with Crippen LogP contribution in [-0.2, 0) is 20.7 Å². The van der Waals surface area contributed by atoms with Crippen molar-refractivity contribution < 1.29 is 23.9 Å². The summed E-state index contributed by atoms with van der Waals surface area (Å²) in [6.45, 7) is 6.23. The Labute approximate surface area is 196 Å². The number of nitrogens with zero attached hydrogens (tertiary/aromatic N) is 1. The highest BCUT2D eigenvalue weighted by atomic mass is 16.7. The predicted octanol–water partition coefficient (Wildman–Crippen LogP) is 4.96. The molecule has 0 saturated carbocycles. The number of methoxy groups -OCH3 is 1. The molecule has 7 heteroatoms. The average molecular weight is 447 g/mol. The lowest BCUT2D eigenvalue weighted by atomic mass is 9.76. The van der Waals surface area contributed by atoms with Gasteiger partial charge in [-0.05, 0) is 59.9 Å². The summed E-state index contributed by atoms with van der Waals surface area (Å²) < 4.78 is 22.2. The molecule has 0 bridgehead atoms. The molecule has 6 nitrogen and oxygen atoms in total. The molecule has 0 fully saturated rings. The molecule has 33 heavy (non-hydrogen) atoms. The van der Waals surface area contributed by atoms with E-state index in [1.165, 1.54) is 0 Å². The van der Waals surface area contributed by atoms with E-state index in [1.54, 1.807) is 49.6 Å². The third-order valence-electron chi connectivity index (χ3n) is 4.66. The first-order valence-electron chi connectivity index (χ1n) is 10.9. The Balaban J connectivity index is 0.00000187. The molecule has 1 N–H and O–H groups in total. The van der Waals surface area contributed by atoms with Crippen LogP contribution in [0.3, 0.4) is 0 Å². The van der Waals surface area contributed by atoms with Gasteiger partial charge in [-0.3, -0.25) is 0 Å². The van der Waals surface area contributed by atoms with Crippen LogP contribution in [0.15, 0.2) is 72.8 Å². The zero-order valence-electron chi connectivity index (χ0n) is 19.5. The molecule has 1 atom stereocenters. The number of hydrogen-bond donors (Lipinski definition) is 1. The van der Waals surface area contributed by atoms with Gasteiger partial charge >= 0.3 is 7.12 Å². The zero-order valence-corrected chi connectivity index (χ0v) is 19.5. The van der Waals surface area contributed by atoms with Crippen molar-refractivity contribution >= 4 is 12.6 Å². The lowest BCUT2D eigenvalue weighted by Crippen LogP contribution is -2.37. The van der Waals surface area contributed by atoms with Crippen molar-refractivity contribution in [3.63, 3.8) is 0 Å². The summed E-state index contributed by atoms with van der Waals surface area (Å²) in [6.07, 6.45) is -0.293. The van der Waals surface area contributed by atoms with Gasteiger partial charge in [0.2, 0.25) is 0 Å². The van der Waals surface area contributed by atoms with E-state index in [9.17, 15) is 5.02 Å². The van der Waals surface area contributed by atoms with Crippen LogP contribution in [0.25, 0.3) is 0 Å². The number of nitriles is 1. The van der Waals surface area contributed by atoms with Crippen LogP contribution >= 0.6 is 0 Å². The lowest BCUT2D eigenvalue weighted by Gasteiger charge is -2.19. The van der Waals surface area contributed by atoms with Crippen LogP contribution in [0.2, 0.25) is 0 Å². The molecule has 0 spiro atoms. The van der Waals surface area contributed by atoms with Gasteiger partial charge in [-0.25, -0.2) is 0 Å². The van der Waals surface area contributed by atoms with Gasteiger partial charge in [-0.1, -0.05) is 50.2 Å². The van der Waals surface area contributed by atoms with Crippen molar-refractivity contribution in [2.24, 2.45) is 0 Å². The molecule has 0 saturated heterocycles. The van der Waals surface area contributed by atoms with Gasteiger partial charge in [0.15, 0.2) is 0 Å². The first kappa shape index (κ1) is 26.1. The van der Waals surface area contributed by atoms with E-state index >= 15 is 0 Å². The summed E-state index contributed by atoms with van der Waals surface area (Å²) in [4.78, 5) is 0. The molecule has 0 radical (unpaired) electrons. The molecule has 0 aliphatic heterocycles. The van der Waals surface area contributed by atoms with Gasteiger partial charge in [-0.15, -0.1) is 0 Å². The van der Waals surface area contributed by atoms with E-state index in [4.69, 9.17) is 24.1 Å². The summed E-state index contributed by atoms with van der Waals surface area (Å²) in [6, 6.07) is 23.9. The van der Waals surface area contributed by atoms with Crippen molar-refractivity contribution in [2.75, 3.05) is 13.9 Å². The molecule has 3 rings (SSSR count). The van der Waals surface area contributed by atoms with Gasteiger partial charge in [0.05, 0.1) is 24.3 Å². The Hall–Kier alpha value is -3.15. The molecule has 0 heterocycles. The summed E-state index contributed by atoms with van der Waals surface area (Å²) in [5.74, 6) is 1.18. The number of rotatable bonds is 10. The van der Waals surface area contributed by atoms with Gasteiger partial charge < -0.3 is 23.9 Å². The zero-order chi connectivity index (χ0) is 24.1. The molecule has 0 amide bonds. The number of hydrogen-bond acceptors (Lipinski definition) is 6. The van der Waals surface area contributed by atoms with E-state index in [0.29, 0.717) is 22.5 Å². The lowest BCUT2D eigenvalue weighted by molar-refractivity contribution is -0.0389. The van der Waals surface area contributed by atoms with E-state index < -0.39 is 7.12 Å². The van der Waals surface area contributed by atoms with Crippen LogP contribution in [0, 0.1) is 11.3 Å². The third kappa shape index (κ3) is 8.05. The van der Waals surface area contributed by atoms with Crippen molar-refractivity contribution in [1.29, 1.82) is 5.26 Å². The number of benzene rings is 3. The topological polar surface area (TPSA) is 80.9 Å². The van der Waals surface area contributed by atoms with Gasteiger partial charge in [0, 0.05) is 7.11 Å². The van der Waals surface area contributed by atoms with Gasteiger partial charge in [-0.2, -0.15) is 5.26 Å².